The van der Waals surface area contributed by atoms with E-state index in [4.69, 9.17) is 10.1 Å². The molecular weight excluding hydrogens is 595 g/mol. The maximum atomic E-state index is 13.9. The van der Waals surface area contributed by atoms with E-state index in [0.717, 1.165) is 26.5 Å². The second-order valence-corrected chi connectivity index (χ2v) is 13.5. The van der Waals surface area contributed by atoms with Crippen LogP contribution >= 0.6 is 23.1 Å². The zero-order valence-corrected chi connectivity index (χ0v) is 27.2. The molecule has 0 aliphatic carbocycles. The number of fused-ring (bicyclic) bond motifs is 2. The van der Waals surface area contributed by atoms with Gasteiger partial charge in [0.2, 0.25) is 11.8 Å². The second-order valence-electron chi connectivity index (χ2n) is 11.3. The molecule has 4 aromatic rings. The first-order valence-corrected chi connectivity index (χ1v) is 17.2. The van der Waals surface area contributed by atoms with Gasteiger partial charge in [-0.25, -0.2) is 14.6 Å². The summed E-state index contributed by atoms with van der Waals surface area (Å²) in [5, 5.41) is 12.0. The van der Waals surface area contributed by atoms with Gasteiger partial charge in [0, 0.05) is 30.6 Å². The molecular formula is C32H39N7O3S2. The average Bonchev–Trinajstić information content (AvgIpc) is 3.61. The number of nitrogens with one attached hydrogen (secondary N) is 2. The molecule has 0 spiro atoms. The zero-order chi connectivity index (χ0) is 31.2. The lowest BCUT2D eigenvalue weighted by molar-refractivity contribution is -0.129. The highest BCUT2D eigenvalue weighted by Gasteiger charge is 2.30. The van der Waals surface area contributed by atoms with Gasteiger partial charge in [0.1, 0.15) is 6.04 Å². The molecule has 232 valence electrons. The third-order valence-electron chi connectivity index (χ3n) is 7.68. The highest BCUT2D eigenvalue weighted by atomic mass is 32.2. The number of benzene rings is 2. The topological polar surface area (TPSA) is 122 Å². The fraction of sp³-hybridized carbons (Fsp3) is 0.438. The van der Waals surface area contributed by atoms with E-state index in [-0.39, 0.29) is 30.1 Å². The summed E-state index contributed by atoms with van der Waals surface area (Å²) in [5.41, 5.74) is 2.32. The molecule has 0 saturated heterocycles. The predicted molar refractivity (Wildman–Crippen MR) is 176 cm³/mol. The smallest absolute Gasteiger partial charge is 0.253 e. The van der Waals surface area contributed by atoms with E-state index in [1.54, 1.807) is 28.0 Å². The summed E-state index contributed by atoms with van der Waals surface area (Å²) in [6, 6.07) is 14.2. The van der Waals surface area contributed by atoms with E-state index < -0.39 is 12.1 Å². The molecule has 0 radical (unpaired) electrons. The molecule has 2 N–H and O–H groups in total. The molecule has 12 heteroatoms. The molecule has 0 unspecified atom stereocenters. The van der Waals surface area contributed by atoms with Crippen molar-refractivity contribution in [1.82, 2.24) is 35.3 Å². The van der Waals surface area contributed by atoms with Crippen molar-refractivity contribution in [3.05, 3.63) is 64.9 Å². The predicted octanol–water partition coefficient (Wildman–Crippen LogP) is 4.85. The Morgan fingerprint density at radius 1 is 1.07 bits per heavy atom. The number of thioether (sulfide) groups is 1. The Morgan fingerprint density at radius 3 is 2.61 bits per heavy atom. The van der Waals surface area contributed by atoms with E-state index in [9.17, 15) is 14.4 Å². The van der Waals surface area contributed by atoms with Crippen LogP contribution in [-0.2, 0) is 16.1 Å². The maximum Gasteiger partial charge on any atom is 0.253 e. The number of hydrogen-bond acceptors (Lipinski definition) is 8. The van der Waals surface area contributed by atoms with Crippen LogP contribution in [0.1, 0.15) is 60.3 Å². The van der Waals surface area contributed by atoms with Crippen LogP contribution < -0.4 is 10.6 Å². The van der Waals surface area contributed by atoms with Crippen LogP contribution in [0.5, 0.6) is 0 Å². The number of rotatable bonds is 6. The number of carbonyl (C=O) groups is 3. The van der Waals surface area contributed by atoms with E-state index in [1.165, 1.54) is 0 Å². The Kier molecular flexibility index (Phi) is 10.3. The van der Waals surface area contributed by atoms with Gasteiger partial charge in [-0.2, -0.15) is 16.9 Å². The van der Waals surface area contributed by atoms with Crippen molar-refractivity contribution in [3.63, 3.8) is 0 Å². The van der Waals surface area contributed by atoms with Crippen molar-refractivity contribution in [3.8, 4) is 11.4 Å². The molecule has 44 heavy (non-hydrogen) atoms. The molecule has 3 amide bonds. The van der Waals surface area contributed by atoms with Crippen molar-refractivity contribution < 1.29 is 14.4 Å². The largest absolute Gasteiger partial charge is 0.344 e. The van der Waals surface area contributed by atoms with Crippen LogP contribution in [0, 0.1) is 12.8 Å². The van der Waals surface area contributed by atoms with Crippen LogP contribution in [0.4, 0.5) is 0 Å². The lowest BCUT2D eigenvalue weighted by Gasteiger charge is -2.28. The summed E-state index contributed by atoms with van der Waals surface area (Å²) in [6.07, 6.45) is 3.16. The van der Waals surface area contributed by atoms with E-state index in [2.05, 4.69) is 15.6 Å². The number of thiazole rings is 1. The molecule has 0 saturated carbocycles. The molecule has 10 nitrogen and oxygen atoms in total. The Balaban J connectivity index is 1.51. The average molecular weight is 634 g/mol. The number of nitrogens with zero attached hydrogens (tertiary/aromatic N) is 5. The fourth-order valence-corrected chi connectivity index (χ4v) is 6.67. The van der Waals surface area contributed by atoms with Gasteiger partial charge < -0.3 is 15.5 Å². The first kappa shape index (κ1) is 31.6. The van der Waals surface area contributed by atoms with E-state index in [0.29, 0.717) is 49.7 Å². The summed E-state index contributed by atoms with van der Waals surface area (Å²) < 4.78 is 2.79. The first-order chi connectivity index (χ1) is 21.2. The van der Waals surface area contributed by atoms with E-state index >= 15 is 0 Å². The number of aromatic nitrogens is 4. The summed E-state index contributed by atoms with van der Waals surface area (Å²) in [7, 11) is 0. The number of hydrogen-bond donors (Lipinski definition) is 2. The molecule has 3 heterocycles. The van der Waals surface area contributed by atoms with Gasteiger partial charge in [-0.1, -0.05) is 44.2 Å². The van der Waals surface area contributed by atoms with Crippen molar-refractivity contribution >= 4 is 51.0 Å². The standard InChI is InChI=1S/C32H39N7O3S2/c1-20(2)28-30-36-29(22-9-6-5-7-10-22)37-39(30)17-16-38(32(42)23-12-13-24-26(19-23)44-21(3)33-24)15-8-11-27(40)34-25(14-18-43-4)31(41)35-28/h5-7,9-10,12-13,19-20,25,28H,8,11,14-18H2,1-4H3,(H,34,40)(H,35,41)/t25-,28+/m0/s1. The Bertz CT molecular complexity index is 1620. The quantitative estimate of drug-likeness (QED) is 0.311. The zero-order valence-electron chi connectivity index (χ0n) is 25.6. The normalized spacial score (nSPS) is 18.5. The van der Waals surface area contributed by atoms with Crippen molar-refractivity contribution in [2.45, 2.75) is 58.7 Å². The molecule has 0 fully saturated rings. The van der Waals surface area contributed by atoms with Crippen LogP contribution in [-0.4, -0.2) is 73.5 Å². The van der Waals surface area contributed by atoms with Gasteiger partial charge in [0.15, 0.2) is 11.6 Å². The minimum absolute atomic E-state index is 0.0114. The number of carbonyl (C=O) groups excluding carboxylic acids is 3. The minimum atomic E-state index is -0.670. The highest BCUT2D eigenvalue weighted by Crippen LogP contribution is 2.26. The van der Waals surface area contributed by atoms with Crippen molar-refractivity contribution in [2.24, 2.45) is 5.92 Å². The molecule has 2 atom stereocenters. The molecule has 2 aromatic heterocycles. The molecule has 1 aliphatic heterocycles. The number of aryl methyl sites for hydroxylation is 1. The molecule has 2 aromatic carbocycles. The van der Waals surface area contributed by atoms with Crippen LogP contribution in [0.3, 0.4) is 0 Å². The molecule has 5 rings (SSSR count). The van der Waals surface area contributed by atoms with Gasteiger partial charge in [-0.3, -0.25) is 14.4 Å². The van der Waals surface area contributed by atoms with Gasteiger partial charge in [-0.05, 0) is 55.9 Å². The number of amides is 3. The van der Waals surface area contributed by atoms with Gasteiger partial charge in [0.05, 0.1) is 27.8 Å². The summed E-state index contributed by atoms with van der Waals surface area (Å²) in [5.74, 6) is 1.35. The minimum Gasteiger partial charge on any atom is -0.344 e. The highest BCUT2D eigenvalue weighted by molar-refractivity contribution is 7.98. The van der Waals surface area contributed by atoms with Crippen molar-refractivity contribution in [2.75, 3.05) is 25.1 Å². The van der Waals surface area contributed by atoms with Crippen molar-refractivity contribution in [1.29, 1.82) is 0 Å². The Hall–Kier alpha value is -3.77. The summed E-state index contributed by atoms with van der Waals surface area (Å²) in [4.78, 5) is 51.7. The van der Waals surface area contributed by atoms with Gasteiger partial charge in [-0.15, -0.1) is 11.3 Å². The Labute approximate surface area is 266 Å². The Morgan fingerprint density at radius 2 is 1.86 bits per heavy atom. The van der Waals surface area contributed by atoms with Crippen LogP contribution in [0.2, 0.25) is 0 Å². The van der Waals surface area contributed by atoms with E-state index in [1.807, 2.05) is 80.2 Å². The summed E-state index contributed by atoms with van der Waals surface area (Å²) in [6.45, 7) is 7.13. The third kappa shape index (κ3) is 7.47. The van der Waals surface area contributed by atoms with Gasteiger partial charge >= 0.3 is 0 Å². The monoisotopic (exact) mass is 633 g/mol. The summed E-state index contributed by atoms with van der Waals surface area (Å²) >= 11 is 3.19. The first-order valence-electron chi connectivity index (χ1n) is 15.0. The molecule has 0 bridgehead atoms. The van der Waals surface area contributed by atoms with Gasteiger partial charge in [0.25, 0.3) is 5.91 Å². The third-order valence-corrected chi connectivity index (χ3v) is 9.26. The lowest BCUT2D eigenvalue weighted by Crippen LogP contribution is -2.49. The maximum absolute atomic E-state index is 13.9. The SMILES string of the molecule is CSCC[C@@H]1NC(=O)CCCN(C(=O)c2ccc3nc(C)sc3c2)CCn2nc(-c3ccccc3)nc2[C@@H](C(C)C)NC1=O. The molecule has 1 aliphatic rings. The second kappa shape index (κ2) is 14.3. The van der Waals surface area contributed by atoms with Crippen LogP contribution in [0.15, 0.2) is 48.5 Å². The fourth-order valence-electron chi connectivity index (χ4n) is 5.33. The lowest BCUT2D eigenvalue weighted by atomic mass is 10.0. The van der Waals surface area contributed by atoms with Crippen LogP contribution in [0.25, 0.3) is 21.6 Å².